The van der Waals surface area contributed by atoms with Gasteiger partial charge in [0.1, 0.15) is 0 Å². The third kappa shape index (κ3) is 1.28. The molecule has 0 aromatic heterocycles. The molecule has 0 unspecified atom stereocenters. The molecule has 1 nitrogen and oxygen atoms in total. The maximum Gasteiger partial charge on any atom is 0.159 e. The molecule has 1 aliphatic rings. The van der Waals surface area contributed by atoms with Crippen LogP contribution in [0, 0.1) is 5.92 Å². The number of allylic oxidation sites excluding steroid dienone is 4. The van der Waals surface area contributed by atoms with E-state index >= 15 is 0 Å². The first kappa shape index (κ1) is 6.27. The van der Waals surface area contributed by atoms with Crippen molar-refractivity contribution in [2.45, 2.75) is 13.8 Å². The number of Topliss-reactive ketones (excluding diaryl/α,β-unsaturated/α-hetero) is 1. The van der Waals surface area contributed by atoms with Crippen molar-refractivity contribution in [1.29, 1.82) is 0 Å². The lowest BCUT2D eigenvalue weighted by atomic mass is 10.2. The van der Waals surface area contributed by atoms with E-state index in [4.69, 9.17) is 0 Å². The lowest BCUT2D eigenvalue weighted by Gasteiger charge is -1.88. The minimum absolute atomic E-state index is 0.163. The highest BCUT2D eigenvalue weighted by atomic mass is 16.1. The van der Waals surface area contributed by atoms with Gasteiger partial charge in [0.2, 0.25) is 0 Å². The number of carbonyl (C=O) groups is 1. The van der Waals surface area contributed by atoms with Crippen LogP contribution in [0.25, 0.3) is 0 Å². The number of carbonyl (C=O) groups excluding carboxylic acids is 1. The predicted molar refractivity (Wildman–Crippen MR) is 37.1 cm³/mol. The van der Waals surface area contributed by atoms with Crippen molar-refractivity contribution in [2.24, 2.45) is 5.92 Å². The molecule has 0 radical (unpaired) electrons. The maximum atomic E-state index is 10.7. The van der Waals surface area contributed by atoms with Gasteiger partial charge in [0.05, 0.1) is 0 Å². The van der Waals surface area contributed by atoms with Gasteiger partial charge in [0, 0.05) is 5.57 Å². The van der Waals surface area contributed by atoms with Crippen LogP contribution in [0.3, 0.4) is 0 Å². The van der Waals surface area contributed by atoms with Crippen LogP contribution < -0.4 is 0 Å². The van der Waals surface area contributed by atoms with Crippen molar-refractivity contribution in [3.8, 4) is 0 Å². The number of hydrogen-bond donors (Lipinski definition) is 0. The number of ketones is 1. The van der Waals surface area contributed by atoms with Crippen LogP contribution in [0.1, 0.15) is 13.8 Å². The molecule has 0 aliphatic heterocycles. The molecule has 0 aromatic rings. The van der Waals surface area contributed by atoms with Gasteiger partial charge in [-0.05, 0) is 12.8 Å². The quantitative estimate of drug-likeness (QED) is 0.517. The Hall–Kier alpha value is -0.850. The Kier molecular flexibility index (Phi) is 1.52. The van der Waals surface area contributed by atoms with Crippen molar-refractivity contribution in [1.82, 2.24) is 0 Å². The monoisotopic (exact) mass is 122 g/mol. The van der Waals surface area contributed by atoms with Gasteiger partial charge < -0.3 is 0 Å². The van der Waals surface area contributed by atoms with Crippen LogP contribution in [0.4, 0.5) is 0 Å². The van der Waals surface area contributed by atoms with Gasteiger partial charge >= 0.3 is 0 Å². The summed E-state index contributed by atoms with van der Waals surface area (Å²) < 4.78 is 0. The molecule has 9 heavy (non-hydrogen) atoms. The number of rotatable bonds is 1. The summed E-state index contributed by atoms with van der Waals surface area (Å²) in [4.78, 5) is 10.7. The molecule has 0 fully saturated rings. The lowest BCUT2D eigenvalue weighted by molar-refractivity contribution is -0.113. The molecule has 0 bridgehead atoms. The summed E-state index contributed by atoms with van der Waals surface area (Å²) >= 11 is 0. The van der Waals surface area contributed by atoms with Crippen molar-refractivity contribution in [3.63, 3.8) is 0 Å². The van der Waals surface area contributed by atoms with Crippen molar-refractivity contribution >= 4 is 5.78 Å². The smallest absolute Gasteiger partial charge is 0.159 e. The zero-order valence-corrected chi connectivity index (χ0v) is 5.72. The molecule has 0 saturated carbocycles. The molecule has 0 saturated heterocycles. The molecule has 0 spiro atoms. The van der Waals surface area contributed by atoms with E-state index in [1.165, 1.54) is 0 Å². The van der Waals surface area contributed by atoms with E-state index in [1.54, 1.807) is 6.92 Å². The topological polar surface area (TPSA) is 17.1 Å². The molecule has 0 amide bonds. The van der Waals surface area contributed by atoms with Crippen LogP contribution in [0.5, 0.6) is 0 Å². The molecule has 1 atom stereocenters. The average molecular weight is 122 g/mol. The lowest BCUT2D eigenvalue weighted by Crippen LogP contribution is -1.90. The van der Waals surface area contributed by atoms with Gasteiger partial charge in [-0.1, -0.05) is 25.2 Å². The zero-order chi connectivity index (χ0) is 6.85. The van der Waals surface area contributed by atoms with Crippen LogP contribution >= 0.6 is 0 Å². The predicted octanol–water partition coefficient (Wildman–Crippen LogP) is 1.71. The first-order valence-corrected chi connectivity index (χ1v) is 3.11. The molecule has 1 heteroatoms. The van der Waals surface area contributed by atoms with Crippen LogP contribution in [-0.4, -0.2) is 5.78 Å². The molecule has 0 aromatic carbocycles. The number of hydrogen-bond acceptors (Lipinski definition) is 1. The van der Waals surface area contributed by atoms with E-state index in [1.807, 2.05) is 18.2 Å². The first-order chi connectivity index (χ1) is 4.20. The standard InChI is InChI=1S/C8H10O/c1-6-3-4-8(5-6)7(2)9/h3-6H,1-2H3/t6-/m0/s1. The second-order valence-corrected chi connectivity index (χ2v) is 2.40. The molecule has 0 heterocycles. The van der Waals surface area contributed by atoms with Gasteiger partial charge in [0.25, 0.3) is 0 Å². The van der Waals surface area contributed by atoms with E-state index in [0.717, 1.165) is 5.57 Å². The van der Waals surface area contributed by atoms with E-state index < -0.39 is 0 Å². The summed E-state index contributed by atoms with van der Waals surface area (Å²) in [5.41, 5.74) is 0.850. The Bertz CT molecular complexity index is 187. The highest BCUT2D eigenvalue weighted by Gasteiger charge is 2.06. The van der Waals surface area contributed by atoms with E-state index in [0.29, 0.717) is 5.92 Å². The van der Waals surface area contributed by atoms with Crippen LogP contribution in [0.2, 0.25) is 0 Å². The van der Waals surface area contributed by atoms with Gasteiger partial charge in [-0.2, -0.15) is 0 Å². The molecular formula is C8H10O. The first-order valence-electron chi connectivity index (χ1n) is 3.11. The summed E-state index contributed by atoms with van der Waals surface area (Å²) in [5.74, 6) is 0.611. The summed E-state index contributed by atoms with van der Waals surface area (Å²) in [7, 11) is 0. The molecule has 48 valence electrons. The molecule has 1 aliphatic carbocycles. The van der Waals surface area contributed by atoms with Crippen LogP contribution in [0.15, 0.2) is 23.8 Å². The third-order valence-corrected chi connectivity index (χ3v) is 1.43. The van der Waals surface area contributed by atoms with Crippen molar-refractivity contribution in [3.05, 3.63) is 23.8 Å². The van der Waals surface area contributed by atoms with Crippen molar-refractivity contribution in [2.75, 3.05) is 0 Å². The Morgan fingerprint density at radius 2 is 2.33 bits per heavy atom. The minimum Gasteiger partial charge on any atom is -0.295 e. The summed E-state index contributed by atoms with van der Waals surface area (Å²) in [5, 5.41) is 0. The van der Waals surface area contributed by atoms with Crippen molar-refractivity contribution < 1.29 is 4.79 Å². The fraction of sp³-hybridized carbons (Fsp3) is 0.375. The fourth-order valence-corrected chi connectivity index (χ4v) is 0.884. The fourth-order valence-electron chi connectivity index (χ4n) is 0.884. The molecule has 1 rings (SSSR count). The Morgan fingerprint density at radius 3 is 2.56 bits per heavy atom. The highest BCUT2D eigenvalue weighted by Crippen LogP contribution is 2.14. The van der Waals surface area contributed by atoms with Gasteiger partial charge in [-0.15, -0.1) is 0 Å². The van der Waals surface area contributed by atoms with Crippen LogP contribution in [-0.2, 0) is 4.79 Å². The average Bonchev–Trinajstić information content (AvgIpc) is 2.14. The SMILES string of the molecule is CC(=O)C1=C[C@@H](C)C=C1. The van der Waals surface area contributed by atoms with E-state index in [9.17, 15) is 4.79 Å². The Morgan fingerprint density at radius 1 is 1.67 bits per heavy atom. The third-order valence-electron chi connectivity index (χ3n) is 1.43. The second kappa shape index (κ2) is 2.18. The Labute approximate surface area is 55.1 Å². The maximum absolute atomic E-state index is 10.7. The Balaban J connectivity index is 2.75. The summed E-state index contributed by atoms with van der Waals surface area (Å²) in [6, 6.07) is 0. The second-order valence-electron chi connectivity index (χ2n) is 2.40. The van der Waals surface area contributed by atoms with Gasteiger partial charge in [-0.25, -0.2) is 0 Å². The van der Waals surface area contributed by atoms with Gasteiger partial charge in [-0.3, -0.25) is 4.79 Å². The van der Waals surface area contributed by atoms with E-state index in [-0.39, 0.29) is 5.78 Å². The summed E-state index contributed by atoms with van der Waals surface area (Å²) in [6.07, 6.45) is 5.88. The normalized spacial score (nSPS) is 24.2. The molecule has 0 N–H and O–H groups in total. The minimum atomic E-state index is 0.163. The molecular weight excluding hydrogens is 112 g/mol. The summed E-state index contributed by atoms with van der Waals surface area (Å²) in [6.45, 7) is 3.65. The van der Waals surface area contributed by atoms with Gasteiger partial charge in [0.15, 0.2) is 5.78 Å². The largest absolute Gasteiger partial charge is 0.295 e. The zero-order valence-electron chi connectivity index (χ0n) is 5.72. The van der Waals surface area contributed by atoms with E-state index in [2.05, 4.69) is 6.92 Å². The highest BCUT2D eigenvalue weighted by molar-refractivity contribution is 5.96.